The van der Waals surface area contributed by atoms with Crippen LogP contribution in [0.2, 0.25) is 0 Å². The molecule has 0 unspecified atom stereocenters. The summed E-state index contributed by atoms with van der Waals surface area (Å²) in [6.45, 7) is 6.69. The third-order valence-corrected chi connectivity index (χ3v) is 3.40. The van der Waals surface area contributed by atoms with Crippen molar-refractivity contribution in [3.8, 4) is 0 Å². The molecule has 14 heavy (non-hydrogen) atoms. The molecule has 1 nitrogen and oxygen atoms in total. The van der Waals surface area contributed by atoms with E-state index >= 15 is 0 Å². The molecule has 0 aliphatic heterocycles. The average molecular weight is 192 g/mol. The Balaban J connectivity index is 2.92. The fraction of sp³-hybridized carbons (Fsp3) is 0.538. The zero-order valence-corrected chi connectivity index (χ0v) is 9.38. The molecule has 0 radical (unpaired) electrons. The van der Waals surface area contributed by atoms with E-state index in [0.29, 0.717) is 12.2 Å². The molecule has 0 saturated heterocycles. The van der Waals surface area contributed by atoms with Gasteiger partial charge in [-0.2, -0.15) is 0 Å². The second-order valence-corrected chi connectivity index (χ2v) is 4.18. The van der Waals surface area contributed by atoms with Crippen molar-refractivity contribution in [2.75, 3.05) is 0 Å². The third-order valence-electron chi connectivity index (χ3n) is 3.40. The summed E-state index contributed by atoms with van der Waals surface area (Å²) >= 11 is 0. The van der Waals surface area contributed by atoms with Gasteiger partial charge in [0, 0.05) is 6.42 Å². The summed E-state index contributed by atoms with van der Waals surface area (Å²) in [5.74, 6) is 0.470. The van der Waals surface area contributed by atoms with Crippen LogP contribution in [0.3, 0.4) is 0 Å². The molecule has 1 rings (SSSR count). The van der Waals surface area contributed by atoms with Crippen molar-refractivity contribution in [2.24, 2.45) is 5.41 Å². The first kappa shape index (κ1) is 11.1. The van der Waals surface area contributed by atoms with E-state index in [0.717, 1.165) is 12.8 Å². The molecular weight excluding hydrogens is 172 g/mol. The minimum absolute atomic E-state index is 0.233. The van der Waals surface area contributed by atoms with Crippen LogP contribution in [0.25, 0.3) is 0 Å². The van der Waals surface area contributed by atoms with Crippen molar-refractivity contribution in [1.29, 1.82) is 0 Å². The van der Waals surface area contributed by atoms with Crippen molar-refractivity contribution in [2.45, 2.75) is 40.0 Å². The van der Waals surface area contributed by atoms with Gasteiger partial charge in [0.05, 0.1) is 5.76 Å². The lowest BCUT2D eigenvalue weighted by atomic mass is 9.75. The molecule has 0 aromatic heterocycles. The van der Waals surface area contributed by atoms with Crippen molar-refractivity contribution < 1.29 is 5.11 Å². The maximum Gasteiger partial charge on any atom is 0.0963 e. The molecule has 0 aromatic carbocycles. The van der Waals surface area contributed by atoms with Crippen molar-refractivity contribution in [3.63, 3.8) is 0 Å². The van der Waals surface area contributed by atoms with Gasteiger partial charge in [-0.3, -0.25) is 0 Å². The summed E-state index contributed by atoms with van der Waals surface area (Å²) in [4.78, 5) is 0. The molecule has 1 aliphatic carbocycles. The highest BCUT2D eigenvalue weighted by Crippen LogP contribution is 2.38. The first-order valence-electron chi connectivity index (χ1n) is 5.38. The van der Waals surface area contributed by atoms with Crippen LogP contribution in [0.1, 0.15) is 40.0 Å². The zero-order chi connectivity index (χ0) is 10.6. The SMILES string of the molecule is CCC(C)(CC)C1=CC=CC=C(O)C1. The topological polar surface area (TPSA) is 20.2 Å². The minimum atomic E-state index is 0.233. The van der Waals surface area contributed by atoms with Crippen LogP contribution in [0.5, 0.6) is 0 Å². The highest BCUT2D eigenvalue weighted by atomic mass is 16.3. The molecular formula is C13H20O. The molecule has 0 spiro atoms. The summed E-state index contributed by atoms with van der Waals surface area (Å²) in [7, 11) is 0. The summed E-state index contributed by atoms with van der Waals surface area (Å²) in [6, 6.07) is 0. The minimum Gasteiger partial charge on any atom is -0.512 e. The Labute approximate surface area is 86.8 Å². The van der Waals surface area contributed by atoms with Crippen LogP contribution >= 0.6 is 0 Å². The maximum absolute atomic E-state index is 9.58. The number of rotatable bonds is 3. The summed E-state index contributed by atoms with van der Waals surface area (Å²) < 4.78 is 0. The molecule has 1 aliphatic rings. The normalized spacial score (nSPS) is 17.4. The van der Waals surface area contributed by atoms with Gasteiger partial charge < -0.3 is 5.11 Å². The van der Waals surface area contributed by atoms with Crippen molar-refractivity contribution in [1.82, 2.24) is 0 Å². The second kappa shape index (κ2) is 4.50. The van der Waals surface area contributed by atoms with Gasteiger partial charge in [-0.1, -0.05) is 44.6 Å². The molecule has 1 N–H and O–H groups in total. The first-order chi connectivity index (χ1) is 6.62. The van der Waals surface area contributed by atoms with E-state index in [-0.39, 0.29) is 5.41 Å². The highest BCUT2D eigenvalue weighted by Gasteiger charge is 2.25. The van der Waals surface area contributed by atoms with Crippen LogP contribution in [0.4, 0.5) is 0 Å². The fourth-order valence-corrected chi connectivity index (χ4v) is 1.77. The largest absolute Gasteiger partial charge is 0.512 e. The lowest BCUT2D eigenvalue weighted by Gasteiger charge is -2.30. The Kier molecular flexibility index (Phi) is 3.56. The van der Waals surface area contributed by atoms with E-state index in [2.05, 4.69) is 26.8 Å². The third kappa shape index (κ3) is 2.28. The van der Waals surface area contributed by atoms with Crippen LogP contribution in [0, 0.1) is 5.41 Å². The standard InChI is InChI=1S/C13H20O/c1-4-13(3,5-2)11-8-6-7-9-12(14)10-11/h6-9,14H,4-5,10H2,1-3H3. The predicted octanol–water partition coefficient (Wildman–Crippen LogP) is 4.14. The Morgan fingerprint density at radius 1 is 1.21 bits per heavy atom. The first-order valence-corrected chi connectivity index (χ1v) is 5.38. The van der Waals surface area contributed by atoms with Crippen LogP contribution in [-0.4, -0.2) is 5.11 Å². The smallest absolute Gasteiger partial charge is 0.0963 e. The highest BCUT2D eigenvalue weighted by molar-refractivity contribution is 5.29. The molecule has 0 amide bonds. The Morgan fingerprint density at radius 2 is 1.79 bits per heavy atom. The monoisotopic (exact) mass is 192 g/mol. The van der Waals surface area contributed by atoms with Crippen LogP contribution < -0.4 is 0 Å². The number of allylic oxidation sites excluding steroid dienone is 5. The quantitative estimate of drug-likeness (QED) is 0.712. The summed E-state index contributed by atoms with van der Waals surface area (Å²) in [6.07, 6.45) is 10.8. The second-order valence-electron chi connectivity index (χ2n) is 4.18. The Morgan fingerprint density at radius 3 is 2.36 bits per heavy atom. The predicted molar refractivity (Wildman–Crippen MR) is 61.2 cm³/mol. The van der Waals surface area contributed by atoms with Crippen LogP contribution in [-0.2, 0) is 0 Å². The lowest BCUT2D eigenvalue weighted by molar-refractivity contribution is 0.334. The molecule has 1 heteroatoms. The van der Waals surface area contributed by atoms with E-state index < -0.39 is 0 Å². The summed E-state index contributed by atoms with van der Waals surface area (Å²) in [5, 5.41) is 9.58. The number of aliphatic hydroxyl groups excluding tert-OH is 1. The van der Waals surface area contributed by atoms with Gasteiger partial charge >= 0.3 is 0 Å². The maximum atomic E-state index is 9.58. The molecule has 0 saturated carbocycles. The lowest BCUT2D eigenvalue weighted by Crippen LogP contribution is -2.17. The molecule has 0 atom stereocenters. The van der Waals surface area contributed by atoms with Gasteiger partial charge in [0.1, 0.15) is 0 Å². The van der Waals surface area contributed by atoms with E-state index in [1.54, 1.807) is 6.08 Å². The van der Waals surface area contributed by atoms with E-state index in [1.165, 1.54) is 5.57 Å². The van der Waals surface area contributed by atoms with Crippen LogP contribution in [0.15, 0.2) is 35.6 Å². The molecule has 0 aromatic rings. The molecule has 0 fully saturated rings. The number of hydrogen-bond acceptors (Lipinski definition) is 1. The Bertz CT molecular complexity index is 278. The van der Waals surface area contributed by atoms with Gasteiger partial charge in [-0.15, -0.1) is 0 Å². The summed E-state index contributed by atoms with van der Waals surface area (Å²) in [5.41, 5.74) is 1.57. The van der Waals surface area contributed by atoms with E-state index in [1.807, 2.05) is 12.2 Å². The van der Waals surface area contributed by atoms with Gasteiger partial charge in [-0.25, -0.2) is 0 Å². The fourth-order valence-electron chi connectivity index (χ4n) is 1.77. The zero-order valence-electron chi connectivity index (χ0n) is 9.38. The van der Waals surface area contributed by atoms with Gasteiger partial charge in [0.2, 0.25) is 0 Å². The molecule has 0 bridgehead atoms. The molecule has 0 heterocycles. The van der Waals surface area contributed by atoms with Crippen molar-refractivity contribution >= 4 is 0 Å². The van der Waals surface area contributed by atoms with Gasteiger partial charge in [0.25, 0.3) is 0 Å². The molecule has 78 valence electrons. The van der Waals surface area contributed by atoms with Gasteiger partial charge in [0.15, 0.2) is 0 Å². The van der Waals surface area contributed by atoms with E-state index in [4.69, 9.17) is 0 Å². The number of aliphatic hydroxyl groups is 1. The van der Waals surface area contributed by atoms with E-state index in [9.17, 15) is 5.11 Å². The van der Waals surface area contributed by atoms with Crippen molar-refractivity contribution in [3.05, 3.63) is 35.6 Å². The Hall–Kier alpha value is -0.980. The number of hydrogen-bond donors (Lipinski definition) is 1. The van der Waals surface area contributed by atoms with Gasteiger partial charge in [-0.05, 0) is 24.3 Å². The average Bonchev–Trinajstić information content (AvgIpc) is 2.42.